The summed E-state index contributed by atoms with van der Waals surface area (Å²) in [6.45, 7) is 3.62. The molecule has 2 aromatic heterocycles. The lowest BCUT2D eigenvalue weighted by Gasteiger charge is -2.05. The molecule has 0 bridgehead atoms. The number of carbonyl (C=O) groups excluding carboxylic acids is 1. The molecule has 106 valence electrons. The minimum Gasteiger partial charge on any atom is -0.319 e. The molecule has 0 saturated heterocycles. The quantitative estimate of drug-likeness (QED) is 0.663. The molecule has 0 aliphatic heterocycles. The van der Waals surface area contributed by atoms with Crippen LogP contribution in [0.1, 0.15) is 22.0 Å². The van der Waals surface area contributed by atoms with E-state index in [0.29, 0.717) is 16.7 Å². The Morgan fingerprint density at radius 1 is 1.05 bits per heavy atom. The summed E-state index contributed by atoms with van der Waals surface area (Å²) < 4.78 is 0. The summed E-state index contributed by atoms with van der Waals surface area (Å²) in [7, 11) is 0. The van der Waals surface area contributed by atoms with Crippen LogP contribution in [0.3, 0.4) is 0 Å². The number of amides is 1. The van der Waals surface area contributed by atoms with Crippen LogP contribution >= 0.6 is 0 Å². The first-order valence-electron chi connectivity index (χ1n) is 6.37. The van der Waals surface area contributed by atoms with E-state index >= 15 is 0 Å². The van der Waals surface area contributed by atoms with Gasteiger partial charge >= 0.3 is 5.69 Å². The number of aryl methyl sites for hydroxylation is 2. The second-order valence-electron chi connectivity index (χ2n) is 4.77. The number of nitrogens with zero attached hydrogens (tertiary/aromatic N) is 2. The van der Waals surface area contributed by atoms with Gasteiger partial charge in [0.2, 0.25) is 5.82 Å². The van der Waals surface area contributed by atoms with Crippen LogP contribution in [-0.4, -0.2) is 25.8 Å². The van der Waals surface area contributed by atoms with Gasteiger partial charge in [0.15, 0.2) is 0 Å². The number of carbonyl (C=O) groups is 1. The number of fused-ring (bicyclic) bond motifs is 1. The van der Waals surface area contributed by atoms with Crippen molar-refractivity contribution in [3.05, 3.63) is 52.0 Å². The van der Waals surface area contributed by atoms with E-state index in [0.717, 1.165) is 11.4 Å². The Labute approximate surface area is 119 Å². The van der Waals surface area contributed by atoms with Gasteiger partial charge in [-0.1, -0.05) is 0 Å². The predicted molar refractivity (Wildman–Crippen MR) is 78.4 cm³/mol. The molecule has 3 rings (SSSR count). The van der Waals surface area contributed by atoms with Gasteiger partial charge in [0, 0.05) is 17.1 Å². The van der Waals surface area contributed by atoms with Crippen molar-refractivity contribution in [1.82, 2.24) is 19.9 Å². The number of anilines is 1. The third-order valence-electron chi connectivity index (χ3n) is 2.96. The number of hydrogen-bond donors (Lipinski definition) is 3. The molecular formula is C14H13N5O2. The van der Waals surface area contributed by atoms with Crippen molar-refractivity contribution >= 4 is 22.6 Å². The predicted octanol–water partition coefficient (Wildman–Crippen LogP) is 1.52. The van der Waals surface area contributed by atoms with Gasteiger partial charge in [-0.2, -0.15) is 0 Å². The zero-order valence-corrected chi connectivity index (χ0v) is 11.5. The molecule has 0 radical (unpaired) electrons. The first kappa shape index (κ1) is 13.0. The number of aromatic amines is 2. The van der Waals surface area contributed by atoms with E-state index in [9.17, 15) is 9.59 Å². The van der Waals surface area contributed by atoms with Crippen LogP contribution in [0.25, 0.3) is 11.0 Å². The third kappa shape index (κ3) is 2.66. The molecule has 0 aliphatic rings. The summed E-state index contributed by atoms with van der Waals surface area (Å²) in [5, 5.41) is 2.71. The van der Waals surface area contributed by atoms with Gasteiger partial charge in [-0.3, -0.25) is 4.79 Å². The minimum absolute atomic E-state index is 0.121. The Balaban J connectivity index is 1.90. The fraction of sp³-hybridized carbons (Fsp3) is 0.143. The van der Waals surface area contributed by atoms with Crippen LogP contribution in [-0.2, 0) is 0 Å². The smallest absolute Gasteiger partial charge is 0.319 e. The number of nitrogens with one attached hydrogen (secondary N) is 3. The molecule has 3 N–H and O–H groups in total. The van der Waals surface area contributed by atoms with Crippen molar-refractivity contribution in [2.24, 2.45) is 0 Å². The second-order valence-corrected chi connectivity index (χ2v) is 4.77. The number of rotatable bonds is 2. The molecule has 3 aromatic rings. The van der Waals surface area contributed by atoms with Crippen LogP contribution in [0.4, 0.5) is 5.69 Å². The molecule has 0 saturated carbocycles. The van der Waals surface area contributed by atoms with Crippen molar-refractivity contribution in [2.45, 2.75) is 13.8 Å². The number of imidazole rings is 1. The average molecular weight is 283 g/mol. The zero-order valence-electron chi connectivity index (χ0n) is 11.5. The van der Waals surface area contributed by atoms with E-state index in [1.165, 1.54) is 0 Å². The van der Waals surface area contributed by atoms with Crippen molar-refractivity contribution in [1.29, 1.82) is 0 Å². The van der Waals surface area contributed by atoms with Gasteiger partial charge < -0.3 is 15.3 Å². The molecule has 2 heterocycles. The minimum atomic E-state index is -0.390. The Bertz CT molecular complexity index is 874. The lowest BCUT2D eigenvalue weighted by atomic mass is 10.2. The van der Waals surface area contributed by atoms with Crippen molar-refractivity contribution in [2.75, 3.05) is 5.32 Å². The Kier molecular flexibility index (Phi) is 3.02. The van der Waals surface area contributed by atoms with Gasteiger partial charge in [-0.05, 0) is 38.1 Å². The fourth-order valence-electron chi connectivity index (χ4n) is 2.12. The van der Waals surface area contributed by atoms with Gasteiger partial charge in [0.25, 0.3) is 5.91 Å². The molecule has 7 heteroatoms. The highest BCUT2D eigenvalue weighted by molar-refractivity contribution is 6.02. The Morgan fingerprint density at radius 3 is 2.43 bits per heavy atom. The van der Waals surface area contributed by atoms with Crippen LogP contribution < -0.4 is 11.0 Å². The zero-order chi connectivity index (χ0) is 15.0. The van der Waals surface area contributed by atoms with Crippen molar-refractivity contribution in [3.63, 3.8) is 0 Å². The van der Waals surface area contributed by atoms with Crippen LogP contribution in [0.2, 0.25) is 0 Å². The SMILES string of the molecule is Cc1cc(C)nc(C(=O)Nc2ccc3[nH]c(=O)[nH]c3c2)n1. The molecule has 0 fully saturated rings. The number of benzene rings is 1. The van der Waals surface area contributed by atoms with E-state index in [1.54, 1.807) is 24.3 Å². The lowest BCUT2D eigenvalue weighted by Crippen LogP contribution is -2.16. The van der Waals surface area contributed by atoms with Crippen molar-refractivity contribution in [3.8, 4) is 0 Å². The summed E-state index contributed by atoms with van der Waals surface area (Å²) in [6, 6.07) is 6.89. The lowest BCUT2D eigenvalue weighted by molar-refractivity contribution is 0.101. The summed E-state index contributed by atoms with van der Waals surface area (Å²) in [4.78, 5) is 36.8. The highest BCUT2D eigenvalue weighted by Gasteiger charge is 2.11. The van der Waals surface area contributed by atoms with Gasteiger partial charge in [-0.15, -0.1) is 0 Å². The summed E-state index contributed by atoms with van der Waals surface area (Å²) in [5.74, 6) is -0.269. The molecule has 0 aliphatic carbocycles. The van der Waals surface area contributed by atoms with Gasteiger partial charge in [-0.25, -0.2) is 14.8 Å². The summed E-state index contributed by atoms with van der Waals surface area (Å²) >= 11 is 0. The third-order valence-corrected chi connectivity index (χ3v) is 2.96. The molecule has 0 atom stereocenters. The monoisotopic (exact) mass is 283 g/mol. The molecule has 1 aromatic carbocycles. The highest BCUT2D eigenvalue weighted by Crippen LogP contribution is 2.15. The van der Waals surface area contributed by atoms with E-state index in [4.69, 9.17) is 0 Å². The molecule has 0 spiro atoms. The summed E-state index contributed by atoms with van der Waals surface area (Å²) in [5.41, 5.74) is 3.05. The fourth-order valence-corrected chi connectivity index (χ4v) is 2.12. The number of aromatic nitrogens is 4. The highest BCUT2D eigenvalue weighted by atomic mass is 16.2. The molecular weight excluding hydrogens is 270 g/mol. The normalized spacial score (nSPS) is 10.8. The van der Waals surface area contributed by atoms with E-state index in [-0.39, 0.29) is 17.4 Å². The van der Waals surface area contributed by atoms with E-state index in [2.05, 4.69) is 25.3 Å². The van der Waals surface area contributed by atoms with Gasteiger partial charge in [0.1, 0.15) is 0 Å². The molecule has 1 amide bonds. The topological polar surface area (TPSA) is 104 Å². The molecule has 21 heavy (non-hydrogen) atoms. The molecule has 7 nitrogen and oxygen atoms in total. The largest absolute Gasteiger partial charge is 0.323 e. The van der Waals surface area contributed by atoms with E-state index < -0.39 is 0 Å². The maximum atomic E-state index is 12.1. The van der Waals surface area contributed by atoms with Crippen LogP contribution in [0, 0.1) is 13.8 Å². The first-order chi connectivity index (χ1) is 10.0. The maximum absolute atomic E-state index is 12.1. The Morgan fingerprint density at radius 2 is 1.71 bits per heavy atom. The van der Waals surface area contributed by atoms with E-state index in [1.807, 2.05) is 13.8 Å². The average Bonchev–Trinajstić information content (AvgIpc) is 2.77. The van der Waals surface area contributed by atoms with Crippen LogP contribution in [0.15, 0.2) is 29.1 Å². The van der Waals surface area contributed by atoms with Crippen molar-refractivity contribution < 1.29 is 4.79 Å². The first-order valence-corrected chi connectivity index (χ1v) is 6.37. The second kappa shape index (κ2) is 4.86. The van der Waals surface area contributed by atoms with Gasteiger partial charge in [0.05, 0.1) is 11.0 Å². The number of H-pyrrole nitrogens is 2. The Hall–Kier alpha value is -2.96. The summed E-state index contributed by atoms with van der Waals surface area (Å²) in [6.07, 6.45) is 0. The van der Waals surface area contributed by atoms with Crippen LogP contribution in [0.5, 0.6) is 0 Å². The molecule has 0 unspecified atom stereocenters. The standard InChI is InChI=1S/C14H13N5O2/c1-7-5-8(2)16-12(15-7)13(20)17-9-3-4-10-11(6-9)19-14(21)18-10/h3-6H,1-2H3,(H,17,20)(H2,18,19,21). The number of hydrogen-bond acceptors (Lipinski definition) is 4. The maximum Gasteiger partial charge on any atom is 0.323 e.